The zero-order chi connectivity index (χ0) is 18.0. The summed E-state index contributed by atoms with van der Waals surface area (Å²) in [5.41, 5.74) is -0.0312. The first-order valence-corrected chi connectivity index (χ1v) is 8.58. The molecule has 7 nitrogen and oxygen atoms in total. The van der Waals surface area contributed by atoms with Gasteiger partial charge in [-0.15, -0.1) is 10.2 Å². The zero-order valence-electron chi connectivity index (χ0n) is 14.2. The Morgan fingerprint density at radius 3 is 2.46 bits per heavy atom. The Bertz CT molecular complexity index is 783. The maximum Gasteiger partial charge on any atom is 0.259 e. The van der Waals surface area contributed by atoms with Crippen LogP contribution in [-0.4, -0.2) is 48.2 Å². The Kier molecular flexibility index (Phi) is 4.52. The van der Waals surface area contributed by atoms with Gasteiger partial charge in [-0.3, -0.25) is 4.79 Å². The molecule has 2 aromatic rings. The summed E-state index contributed by atoms with van der Waals surface area (Å²) in [5, 5.41) is 10.8. The molecule has 0 unspecified atom stereocenters. The van der Waals surface area contributed by atoms with Crippen LogP contribution in [0.4, 0.5) is 16.0 Å². The lowest BCUT2D eigenvalue weighted by Crippen LogP contribution is -2.45. The van der Waals surface area contributed by atoms with Crippen LogP contribution in [-0.2, 0) is 9.47 Å². The molecule has 1 aromatic carbocycles. The van der Waals surface area contributed by atoms with Crippen molar-refractivity contribution in [3.63, 3.8) is 0 Å². The summed E-state index contributed by atoms with van der Waals surface area (Å²) in [4.78, 5) is 14.2. The fourth-order valence-corrected chi connectivity index (χ4v) is 3.25. The van der Waals surface area contributed by atoms with Gasteiger partial charge >= 0.3 is 0 Å². The summed E-state index contributed by atoms with van der Waals surface area (Å²) in [6.45, 7) is 2.82. The van der Waals surface area contributed by atoms with Gasteiger partial charge in [0.25, 0.3) is 5.91 Å². The van der Waals surface area contributed by atoms with Crippen LogP contribution in [0.15, 0.2) is 36.4 Å². The molecule has 136 valence electrons. The molecular weight excluding hydrogens is 339 g/mol. The molecule has 1 aromatic heterocycles. The average Bonchev–Trinajstić information content (AvgIpc) is 3.11. The van der Waals surface area contributed by atoms with Crippen LogP contribution < -0.4 is 10.2 Å². The van der Waals surface area contributed by atoms with Crippen molar-refractivity contribution in [2.75, 3.05) is 36.5 Å². The van der Waals surface area contributed by atoms with Crippen molar-refractivity contribution in [2.45, 2.75) is 18.6 Å². The molecule has 26 heavy (non-hydrogen) atoms. The van der Waals surface area contributed by atoms with Gasteiger partial charge in [0, 0.05) is 25.9 Å². The summed E-state index contributed by atoms with van der Waals surface area (Å²) in [7, 11) is 0. The number of piperidine rings is 1. The molecule has 2 aliphatic heterocycles. The van der Waals surface area contributed by atoms with Gasteiger partial charge < -0.3 is 19.7 Å². The number of halogens is 1. The van der Waals surface area contributed by atoms with E-state index in [4.69, 9.17) is 9.47 Å². The topological polar surface area (TPSA) is 76.6 Å². The van der Waals surface area contributed by atoms with Crippen molar-refractivity contribution in [1.29, 1.82) is 0 Å². The third-order valence-electron chi connectivity index (χ3n) is 4.67. The molecule has 2 fully saturated rings. The number of carbonyl (C=O) groups is 1. The lowest BCUT2D eigenvalue weighted by Gasteiger charge is -2.37. The number of rotatable bonds is 3. The zero-order valence-corrected chi connectivity index (χ0v) is 14.2. The van der Waals surface area contributed by atoms with E-state index < -0.39 is 17.5 Å². The molecule has 2 saturated heterocycles. The van der Waals surface area contributed by atoms with Crippen molar-refractivity contribution in [2.24, 2.45) is 0 Å². The van der Waals surface area contributed by atoms with Gasteiger partial charge in [0.2, 0.25) is 0 Å². The molecule has 4 rings (SSSR count). The Labute approximate surface area is 150 Å². The van der Waals surface area contributed by atoms with Gasteiger partial charge in [-0.2, -0.15) is 0 Å². The van der Waals surface area contributed by atoms with E-state index in [1.54, 1.807) is 18.2 Å². The summed E-state index contributed by atoms with van der Waals surface area (Å²) < 4.78 is 25.1. The van der Waals surface area contributed by atoms with Gasteiger partial charge in [-0.1, -0.05) is 12.1 Å². The number of ether oxygens (including phenoxy) is 2. The molecular formula is C18H19FN4O3. The molecule has 1 N–H and O–H groups in total. The minimum atomic E-state index is -0.576. The van der Waals surface area contributed by atoms with Crippen molar-refractivity contribution < 1.29 is 18.7 Å². The number of benzene rings is 1. The summed E-state index contributed by atoms with van der Waals surface area (Å²) in [6.07, 6.45) is 1.56. The van der Waals surface area contributed by atoms with E-state index in [-0.39, 0.29) is 11.4 Å². The molecule has 1 amide bonds. The van der Waals surface area contributed by atoms with Crippen molar-refractivity contribution in [3.05, 3.63) is 47.8 Å². The standard InChI is InChI=1S/C18H19FN4O3/c19-14-4-2-1-3-13(14)17(24)20-15-5-6-16(22-21-15)23-9-7-18(8-10-23)25-11-12-26-18/h1-6H,7-12H2,(H,20,21,24). The minimum absolute atomic E-state index is 0.0312. The minimum Gasteiger partial charge on any atom is -0.355 e. The Hall–Kier alpha value is -2.58. The third-order valence-corrected chi connectivity index (χ3v) is 4.67. The van der Waals surface area contributed by atoms with Crippen LogP contribution in [0, 0.1) is 5.82 Å². The maximum absolute atomic E-state index is 13.7. The maximum atomic E-state index is 13.7. The van der Waals surface area contributed by atoms with E-state index in [0.29, 0.717) is 13.2 Å². The fourth-order valence-electron chi connectivity index (χ4n) is 3.25. The lowest BCUT2D eigenvalue weighted by atomic mass is 10.0. The van der Waals surface area contributed by atoms with Crippen molar-refractivity contribution in [3.8, 4) is 0 Å². The molecule has 0 bridgehead atoms. The predicted molar refractivity (Wildman–Crippen MR) is 92.5 cm³/mol. The van der Waals surface area contributed by atoms with Gasteiger partial charge in [0.05, 0.1) is 18.8 Å². The number of hydrogen-bond acceptors (Lipinski definition) is 6. The van der Waals surface area contributed by atoms with Gasteiger partial charge in [0.1, 0.15) is 5.82 Å². The second kappa shape index (κ2) is 6.97. The first-order chi connectivity index (χ1) is 12.7. The second-order valence-electron chi connectivity index (χ2n) is 6.31. The molecule has 0 radical (unpaired) electrons. The molecule has 0 aliphatic carbocycles. The number of nitrogens with zero attached hydrogens (tertiary/aromatic N) is 3. The fraction of sp³-hybridized carbons (Fsp3) is 0.389. The monoisotopic (exact) mass is 358 g/mol. The lowest BCUT2D eigenvalue weighted by molar-refractivity contribution is -0.169. The Morgan fingerprint density at radius 1 is 1.08 bits per heavy atom. The molecule has 0 atom stereocenters. The Balaban J connectivity index is 1.38. The van der Waals surface area contributed by atoms with Gasteiger partial charge in [-0.05, 0) is 24.3 Å². The van der Waals surface area contributed by atoms with Crippen LogP contribution in [0.1, 0.15) is 23.2 Å². The van der Waals surface area contributed by atoms with Gasteiger partial charge in [0.15, 0.2) is 17.4 Å². The number of aromatic nitrogens is 2. The largest absolute Gasteiger partial charge is 0.355 e. The average molecular weight is 358 g/mol. The molecule has 8 heteroatoms. The number of anilines is 2. The van der Waals surface area contributed by atoms with Crippen molar-refractivity contribution in [1.82, 2.24) is 10.2 Å². The predicted octanol–water partition coefficient (Wildman–Crippen LogP) is 2.21. The molecule has 0 saturated carbocycles. The number of amides is 1. The van der Waals surface area contributed by atoms with Crippen LogP contribution in [0.2, 0.25) is 0 Å². The quantitative estimate of drug-likeness (QED) is 0.907. The van der Waals surface area contributed by atoms with Crippen LogP contribution in [0.5, 0.6) is 0 Å². The Morgan fingerprint density at radius 2 is 1.81 bits per heavy atom. The van der Waals surface area contributed by atoms with Crippen LogP contribution in [0.3, 0.4) is 0 Å². The second-order valence-corrected chi connectivity index (χ2v) is 6.31. The van der Waals surface area contributed by atoms with E-state index >= 15 is 0 Å². The van der Waals surface area contributed by atoms with E-state index in [1.807, 2.05) is 0 Å². The highest BCUT2D eigenvalue weighted by Crippen LogP contribution is 2.32. The highest BCUT2D eigenvalue weighted by atomic mass is 19.1. The van der Waals surface area contributed by atoms with Crippen LogP contribution >= 0.6 is 0 Å². The third kappa shape index (κ3) is 3.38. The van der Waals surface area contributed by atoms with Crippen molar-refractivity contribution >= 4 is 17.5 Å². The normalized spacial score (nSPS) is 18.9. The smallest absolute Gasteiger partial charge is 0.259 e. The molecule has 2 aliphatic rings. The SMILES string of the molecule is O=C(Nc1ccc(N2CCC3(CC2)OCCO3)nn1)c1ccccc1F. The highest BCUT2D eigenvalue weighted by Gasteiger charge is 2.40. The van der Waals surface area contributed by atoms with E-state index in [1.165, 1.54) is 18.2 Å². The van der Waals surface area contributed by atoms with E-state index in [9.17, 15) is 9.18 Å². The molecule has 3 heterocycles. The highest BCUT2D eigenvalue weighted by molar-refractivity contribution is 6.03. The summed E-state index contributed by atoms with van der Waals surface area (Å²) in [5.74, 6) is -0.564. The van der Waals surface area contributed by atoms with Crippen LogP contribution in [0.25, 0.3) is 0 Å². The summed E-state index contributed by atoms with van der Waals surface area (Å²) >= 11 is 0. The van der Waals surface area contributed by atoms with Gasteiger partial charge in [-0.25, -0.2) is 4.39 Å². The molecule has 1 spiro atoms. The number of carbonyl (C=O) groups excluding carboxylic acids is 1. The number of nitrogens with one attached hydrogen (secondary N) is 1. The first-order valence-electron chi connectivity index (χ1n) is 8.58. The van der Waals surface area contributed by atoms with E-state index in [2.05, 4.69) is 20.4 Å². The number of hydrogen-bond donors (Lipinski definition) is 1. The van der Waals surface area contributed by atoms with E-state index in [0.717, 1.165) is 31.7 Å². The summed E-state index contributed by atoms with van der Waals surface area (Å²) in [6, 6.07) is 9.25. The first kappa shape index (κ1) is 16.9.